The van der Waals surface area contributed by atoms with Crippen LogP contribution in [0.2, 0.25) is 5.02 Å². The second-order valence-electron chi connectivity index (χ2n) is 11.5. The first-order valence-corrected chi connectivity index (χ1v) is 16.9. The Bertz CT molecular complexity index is 1870. The smallest absolute Gasteiger partial charge is 0.260 e. The number of allylic oxidation sites excluding steroid dienone is 1. The van der Waals surface area contributed by atoms with Crippen molar-refractivity contribution in [1.82, 2.24) is 19.7 Å². The molecule has 0 aliphatic carbocycles. The van der Waals surface area contributed by atoms with Crippen LogP contribution in [-0.4, -0.2) is 71.5 Å². The lowest BCUT2D eigenvalue weighted by molar-refractivity contribution is -0.137. The molecule has 0 bridgehead atoms. The number of halogens is 1. The summed E-state index contributed by atoms with van der Waals surface area (Å²) in [6.45, 7) is 7.80. The Hall–Kier alpha value is -4.52. The predicted octanol–water partition coefficient (Wildman–Crippen LogP) is 6.01. The number of morpholine rings is 1. The number of aromatic nitrogens is 3. The number of methoxy groups -OCH3 is 1. The molecule has 250 valence electrons. The van der Waals surface area contributed by atoms with E-state index in [4.69, 9.17) is 35.9 Å². The molecule has 48 heavy (non-hydrogen) atoms. The molecule has 0 spiro atoms. The number of carbonyl (C=O) groups excluding carboxylic acids is 2. The Labute approximate surface area is 288 Å². The first kappa shape index (κ1) is 33.4. The quantitative estimate of drug-likeness (QED) is 0.193. The fourth-order valence-corrected chi connectivity index (χ4v) is 6.76. The van der Waals surface area contributed by atoms with Crippen molar-refractivity contribution in [2.24, 2.45) is 0 Å². The Kier molecular flexibility index (Phi) is 10.2. The van der Waals surface area contributed by atoms with Crippen molar-refractivity contribution in [3.05, 3.63) is 99.2 Å². The van der Waals surface area contributed by atoms with Crippen molar-refractivity contribution in [1.29, 1.82) is 0 Å². The van der Waals surface area contributed by atoms with Crippen molar-refractivity contribution in [2.75, 3.05) is 50.7 Å². The van der Waals surface area contributed by atoms with Crippen LogP contribution in [0.3, 0.4) is 0 Å². The van der Waals surface area contributed by atoms with Crippen molar-refractivity contribution in [3.63, 3.8) is 0 Å². The van der Waals surface area contributed by atoms with Gasteiger partial charge in [-0.25, -0.2) is 4.68 Å². The Balaban J connectivity index is 1.32. The highest BCUT2D eigenvalue weighted by molar-refractivity contribution is 7.98. The van der Waals surface area contributed by atoms with Gasteiger partial charge in [0.15, 0.2) is 18.1 Å². The molecule has 6 rings (SSSR count). The van der Waals surface area contributed by atoms with Gasteiger partial charge in [-0.15, -0.1) is 5.10 Å². The molecule has 2 amide bonds. The van der Waals surface area contributed by atoms with Gasteiger partial charge in [0.25, 0.3) is 11.8 Å². The number of fused-ring (bicyclic) bond motifs is 1. The van der Waals surface area contributed by atoms with Crippen LogP contribution in [-0.2, 0) is 20.1 Å². The number of hydrogen-bond acceptors (Lipinski definition) is 9. The predicted molar refractivity (Wildman–Crippen MR) is 186 cm³/mol. The summed E-state index contributed by atoms with van der Waals surface area (Å²) in [4.78, 5) is 33.4. The average Bonchev–Trinajstić information content (AvgIpc) is 3.50. The van der Waals surface area contributed by atoms with E-state index in [-0.39, 0.29) is 18.4 Å². The zero-order valence-corrected chi connectivity index (χ0v) is 28.8. The number of aryl methyl sites for hydroxylation is 1. The fraction of sp³-hybridized carbons (Fsp3) is 0.314. The Morgan fingerprint density at radius 1 is 1.06 bits per heavy atom. The first-order chi connectivity index (χ1) is 23.2. The van der Waals surface area contributed by atoms with E-state index in [1.807, 2.05) is 75.4 Å². The van der Waals surface area contributed by atoms with Crippen LogP contribution < -0.4 is 20.1 Å². The van der Waals surface area contributed by atoms with Crippen molar-refractivity contribution >= 4 is 46.8 Å². The minimum absolute atomic E-state index is 0.124. The van der Waals surface area contributed by atoms with Gasteiger partial charge in [-0.1, -0.05) is 59.8 Å². The van der Waals surface area contributed by atoms with E-state index in [0.717, 1.165) is 27.9 Å². The van der Waals surface area contributed by atoms with Gasteiger partial charge in [0.1, 0.15) is 6.04 Å². The van der Waals surface area contributed by atoms with Crippen molar-refractivity contribution < 1.29 is 23.8 Å². The van der Waals surface area contributed by atoms with Crippen LogP contribution in [0.1, 0.15) is 35.2 Å². The summed E-state index contributed by atoms with van der Waals surface area (Å²) in [5, 5.41) is 12.5. The largest absolute Gasteiger partial charge is 0.493 e. The number of ether oxygens (including phenoxy) is 3. The summed E-state index contributed by atoms with van der Waals surface area (Å²) in [5.74, 6) is 1.50. The van der Waals surface area contributed by atoms with Gasteiger partial charge in [-0.2, -0.15) is 4.98 Å². The van der Waals surface area contributed by atoms with E-state index in [1.165, 1.54) is 18.9 Å². The molecule has 2 aliphatic heterocycles. The number of nitrogens with one attached hydrogen (secondary N) is 2. The molecule has 2 aliphatic rings. The molecule has 13 heteroatoms. The van der Waals surface area contributed by atoms with Crippen molar-refractivity contribution in [2.45, 2.75) is 37.7 Å². The maximum Gasteiger partial charge on any atom is 0.260 e. The van der Waals surface area contributed by atoms with E-state index in [9.17, 15) is 9.59 Å². The SMILES string of the molecule is COc1cc(C2C(C(=O)Nc3cccc(C)c3C)=C(C)Nc3nc(SCc4ccccc4Cl)nn32)ccc1OCC(=O)N1CCOCC1. The summed E-state index contributed by atoms with van der Waals surface area (Å²) in [7, 11) is 1.54. The molecule has 1 fully saturated rings. The highest BCUT2D eigenvalue weighted by atomic mass is 35.5. The molecule has 0 radical (unpaired) electrons. The third-order valence-corrected chi connectivity index (χ3v) is 9.72. The number of benzene rings is 3. The Morgan fingerprint density at radius 2 is 1.85 bits per heavy atom. The van der Waals surface area contributed by atoms with E-state index >= 15 is 0 Å². The third kappa shape index (κ3) is 7.15. The highest BCUT2D eigenvalue weighted by Gasteiger charge is 2.35. The van der Waals surface area contributed by atoms with Gasteiger partial charge in [0, 0.05) is 35.2 Å². The minimum atomic E-state index is -0.661. The van der Waals surface area contributed by atoms with Crippen LogP contribution in [0.15, 0.2) is 77.1 Å². The van der Waals surface area contributed by atoms with Gasteiger partial charge in [0.05, 0.1) is 25.9 Å². The number of thioether (sulfide) groups is 1. The molecule has 3 heterocycles. The van der Waals surface area contributed by atoms with Crippen LogP contribution in [0.4, 0.5) is 11.6 Å². The number of carbonyl (C=O) groups is 2. The lowest BCUT2D eigenvalue weighted by Gasteiger charge is -2.29. The molecule has 2 N–H and O–H groups in total. The van der Waals surface area contributed by atoms with E-state index in [0.29, 0.717) is 71.0 Å². The van der Waals surface area contributed by atoms with Crippen LogP contribution in [0, 0.1) is 13.8 Å². The molecule has 1 aromatic heterocycles. The highest BCUT2D eigenvalue weighted by Crippen LogP contribution is 2.40. The number of anilines is 2. The van der Waals surface area contributed by atoms with Gasteiger partial charge in [-0.3, -0.25) is 9.59 Å². The molecule has 11 nitrogen and oxygen atoms in total. The molecular weight excluding hydrogens is 652 g/mol. The van der Waals surface area contributed by atoms with E-state index < -0.39 is 6.04 Å². The van der Waals surface area contributed by atoms with E-state index in [2.05, 4.69) is 10.6 Å². The molecule has 1 saturated heterocycles. The standard InChI is InChI=1S/C35H37ClN6O5S/c1-21-8-7-11-27(22(21)2)38-33(44)31-23(3)37-34-39-35(48-20-25-9-5-6-10-26(25)36)40-42(34)32(31)24-12-13-28(29(18-24)45-4)47-19-30(43)41-14-16-46-17-15-41/h5-13,18,32H,14-17,19-20H2,1-4H3,(H,38,44)(H,37,39,40). The summed E-state index contributed by atoms with van der Waals surface area (Å²) in [5.41, 5.74) is 5.58. The third-order valence-electron chi connectivity index (χ3n) is 8.46. The number of hydrogen-bond donors (Lipinski definition) is 2. The maximum atomic E-state index is 14.1. The van der Waals surface area contributed by atoms with E-state index in [1.54, 1.807) is 15.6 Å². The molecule has 1 unspecified atom stereocenters. The van der Waals surface area contributed by atoms with Crippen molar-refractivity contribution in [3.8, 4) is 11.5 Å². The van der Waals surface area contributed by atoms with Gasteiger partial charge >= 0.3 is 0 Å². The fourth-order valence-electron chi connectivity index (χ4n) is 5.65. The number of rotatable bonds is 10. The second kappa shape index (κ2) is 14.7. The topological polar surface area (TPSA) is 120 Å². The molecule has 4 aromatic rings. The minimum Gasteiger partial charge on any atom is -0.493 e. The maximum absolute atomic E-state index is 14.1. The summed E-state index contributed by atoms with van der Waals surface area (Å²) < 4.78 is 18.7. The molecule has 1 atom stereocenters. The van der Waals surface area contributed by atoms with Crippen LogP contribution in [0.5, 0.6) is 11.5 Å². The average molecular weight is 689 g/mol. The van der Waals surface area contributed by atoms with Gasteiger partial charge in [-0.05, 0) is 67.3 Å². The lowest BCUT2D eigenvalue weighted by atomic mass is 9.94. The van der Waals surface area contributed by atoms with Gasteiger partial charge in [0.2, 0.25) is 11.1 Å². The van der Waals surface area contributed by atoms with Crippen LogP contribution in [0.25, 0.3) is 0 Å². The van der Waals surface area contributed by atoms with Gasteiger partial charge < -0.3 is 29.7 Å². The summed E-state index contributed by atoms with van der Waals surface area (Å²) >= 11 is 7.86. The summed E-state index contributed by atoms with van der Waals surface area (Å²) in [6, 6.07) is 18.2. The molecule has 3 aromatic carbocycles. The normalized spacial score (nSPS) is 15.9. The molecular formula is C35H37ClN6O5S. The Morgan fingerprint density at radius 3 is 2.62 bits per heavy atom. The second-order valence-corrected chi connectivity index (χ2v) is 12.9. The summed E-state index contributed by atoms with van der Waals surface area (Å²) in [6.07, 6.45) is 0. The zero-order chi connectivity index (χ0) is 33.8. The monoisotopic (exact) mass is 688 g/mol. The van der Waals surface area contributed by atoms with Crippen LogP contribution >= 0.6 is 23.4 Å². The lowest BCUT2D eigenvalue weighted by Crippen LogP contribution is -2.43. The number of amides is 2. The zero-order valence-electron chi connectivity index (χ0n) is 27.2. The first-order valence-electron chi connectivity index (χ1n) is 15.6. The molecule has 0 saturated carbocycles. The number of nitrogens with zero attached hydrogens (tertiary/aromatic N) is 4.